The van der Waals surface area contributed by atoms with E-state index in [1.165, 1.54) is 0 Å². The van der Waals surface area contributed by atoms with Crippen molar-refractivity contribution in [3.8, 4) is 5.75 Å². The Bertz CT molecular complexity index is 936. The summed E-state index contributed by atoms with van der Waals surface area (Å²) in [7, 11) is 0. The lowest BCUT2D eigenvalue weighted by Gasteiger charge is -2.32. The molecule has 2 aromatic carbocycles. The molecule has 1 heterocycles. The van der Waals surface area contributed by atoms with Gasteiger partial charge in [0.05, 0.1) is 12.5 Å². The molecule has 1 aliphatic rings. The van der Waals surface area contributed by atoms with Crippen molar-refractivity contribution in [2.24, 2.45) is 5.92 Å². The average Bonchev–Trinajstić information content (AvgIpc) is 2.77. The molecule has 0 aromatic heterocycles. The predicted molar refractivity (Wildman–Crippen MR) is 118 cm³/mol. The molecule has 1 saturated heterocycles. The van der Waals surface area contributed by atoms with Crippen LogP contribution in [0.1, 0.15) is 51.6 Å². The number of aryl methyl sites for hydroxylation is 2. The highest BCUT2D eigenvalue weighted by Gasteiger charge is 2.29. The van der Waals surface area contributed by atoms with Gasteiger partial charge in [0.1, 0.15) is 5.75 Å². The van der Waals surface area contributed by atoms with Crippen LogP contribution in [0.15, 0.2) is 42.5 Å². The molecular formula is C24H29N3O4. The molecule has 2 aromatic rings. The number of likely N-dealkylation sites (tertiary alicyclic amines) is 1. The summed E-state index contributed by atoms with van der Waals surface area (Å²) in [5, 5.41) is 0. The highest BCUT2D eigenvalue weighted by atomic mass is 16.5. The van der Waals surface area contributed by atoms with Gasteiger partial charge in [0.25, 0.3) is 11.8 Å². The second kappa shape index (κ2) is 10.1. The number of rotatable bonds is 5. The summed E-state index contributed by atoms with van der Waals surface area (Å²) in [6.07, 6.45) is 1.41. The van der Waals surface area contributed by atoms with Gasteiger partial charge in [0.15, 0.2) is 0 Å². The fraction of sp³-hybridized carbons (Fsp3) is 0.375. The van der Waals surface area contributed by atoms with E-state index in [2.05, 4.69) is 10.9 Å². The van der Waals surface area contributed by atoms with Gasteiger partial charge in [-0.2, -0.15) is 0 Å². The number of carbonyl (C=O) groups is 3. The zero-order valence-electron chi connectivity index (χ0n) is 18.2. The molecule has 31 heavy (non-hydrogen) atoms. The Hall–Kier alpha value is -3.35. The molecule has 7 nitrogen and oxygen atoms in total. The highest BCUT2D eigenvalue weighted by molar-refractivity contribution is 5.96. The molecule has 1 atom stereocenters. The normalized spacial score (nSPS) is 15.8. The predicted octanol–water partition coefficient (Wildman–Crippen LogP) is 3.02. The fourth-order valence-corrected chi connectivity index (χ4v) is 3.82. The van der Waals surface area contributed by atoms with E-state index >= 15 is 0 Å². The summed E-state index contributed by atoms with van der Waals surface area (Å²) >= 11 is 0. The van der Waals surface area contributed by atoms with E-state index in [1.807, 2.05) is 39.0 Å². The zero-order chi connectivity index (χ0) is 22.4. The van der Waals surface area contributed by atoms with Gasteiger partial charge in [0.2, 0.25) is 5.91 Å². The lowest BCUT2D eigenvalue weighted by Crippen LogP contribution is -2.50. The minimum atomic E-state index is -0.407. The molecule has 0 spiro atoms. The molecule has 1 fully saturated rings. The summed E-state index contributed by atoms with van der Waals surface area (Å²) in [6.45, 7) is 7.31. The van der Waals surface area contributed by atoms with Crippen LogP contribution in [0.25, 0.3) is 0 Å². The van der Waals surface area contributed by atoms with Crippen LogP contribution in [-0.4, -0.2) is 42.3 Å². The van der Waals surface area contributed by atoms with Gasteiger partial charge in [-0.25, -0.2) is 0 Å². The van der Waals surface area contributed by atoms with Crippen LogP contribution in [0, 0.1) is 19.8 Å². The molecule has 1 unspecified atom stereocenters. The summed E-state index contributed by atoms with van der Waals surface area (Å²) < 4.78 is 5.36. The van der Waals surface area contributed by atoms with Crippen LogP contribution in [0.3, 0.4) is 0 Å². The van der Waals surface area contributed by atoms with E-state index in [-0.39, 0.29) is 17.7 Å². The van der Waals surface area contributed by atoms with E-state index in [0.717, 1.165) is 17.5 Å². The molecular weight excluding hydrogens is 394 g/mol. The maximum Gasteiger partial charge on any atom is 0.269 e. The molecule has 3 amide bonds. The van der Waals surface area contributed by atoms with Crippen molar-refractivity contribution in [1.82, 2.24) is 15.8 Å². The molecule has 3 rings (SSSR count). The molecule has 0 saturated carbocycles. The van der Waals surface area contributed by atoms with E-state index in [1.54, 1.807) is 29.2 Å². The summed E-state index contributed by atoms with van der Waals surface area (Å²) in [6, 6.07) is 12.5. The van der Waals surface area contributed by atoms with Gasteiger partial charge in [-0.05, 0) is 70.0 Å². The van der Waals surface area contributed by atoms with Crippen molar-refractivity contribution in [1.29, 1.82) is 0 Å². The van der Waals surface area contributed by atoms with E-state index < -0.39 is 5.91 Å². The van der Waals surface area contributed by atoms with E-state index in [4.69, 9.17) is 4.74 Å². The number of amides is 3. The monoisotopic (exact) mass is 423 g/mol. The maximum atomic E-state index is 12.9. The second-order valence-corrected chi connectivity index (χ2v) is 7.87. The largest absolute Gasteiger partial charge is 0.494 e. The minimum Gasteiger partial charge on any atom is -0.494 e. The first-order valence-corrected chi connectivity index (χ1v) is 10.6. The van der Waals surface area contributed by atoms with Gasteiger partial charge in [-0.3, -0.25) is 25.2 Å². The van der Waals surface area contributed by atoms with E-state index in [0.29, 0.717) is 43.0 Å². The minimum absolute atomic E-state index is 0.0669. The highest BCUT2D eigenvalue weighted by Crippen LogP contribution is 2.20. The van der Waals surface area contributed by atoms with Gasteiger partial charge < -0.3 is 9.64 Å². The topological polar surface area (TPSA) is 87.7 Å². The number of carbonyl (C=O) groups excluding carboxylic acids is 3. The number of benzene rings is 2. The maximum absolute atomic E-state index is 12.9. The molecule has 164 valence electrons. The van der Waals surface area contributed by atoms with Crippen molar-refractivity contribution >= 4 is 17.7 Å². The Balaban J connectivity index is 1.55. The van der Waals surface area contributed by atoms with Crippen molar-refractivity contribution in [2.45, 2.75) is 33.6 Å². The number of hydrogen-bond donors (Lipinski definition) is 2. The molecule has 1 aliphatic heterocycles. The van der Waals surface area contributed by atoms with Crippen molar-refractivity contribution < 1.29 is 19.1 Å². The number of nitrogens with zero attached hydrogens (tertiary/aromatic N) is 1. The Labute approximate surface area is 182 Å². The zero-order valence-corrected chi connectivity index (χ0v) is 18.2. The summed E-state index contributed by atoms with van der Waals surface area (Å²) in [5.41, 5.74) is 8.08. The third-order valence-electron chi connectivity index (χ3n) is 5.27. The Morgan fingerprint density at radius 2 is 1.68 bits per heavy atom. The molecule has 0 aliphatic carbocycles. The van der Waals surface area contributed by atoms with Crippen LogP contribution in [0.2, 0.25) is 0 Å². The van der Waals surface area contributed by atoms with Crippen LogP contribution in [-0.2, 0) is 4.79 Å². The quantitative estimate of drug-likeness (QED) is 0.724. The van der Waals surface area contributed by atoms with E-state index in [9.17, 15) is 14.4 Å². The smallest absolute Gasteiger partial charge is 0.269 e. The van der Waals surface area contributed by atoms with Crippen LogP contribution >= 0.6 is 0 Å². The SMILES string of the molecule is CCOc1ccc(C(=O)NNC(=O)C2CCCN(C(=O)c3cc(C)cc(C)c3)C2)cc1. The van der Waals surface area contributed by atoms with Gasteiger partial charge in [-0.1, -0.05) is 17.2 Å². The number of hydrazine groups is 1. The molecule has 7 heteroatoms. The third kappa shape index (κ3) is 5.84. The first kappa shape index (κ1) is 22.3. The van der Waals surface area contributed by atoms with Crippen LogP contribution in [0.4, 0.5) is 0 Å². The van der Waals surface area contributed by atoms with Crippen molar-refractivity contribution in [3.05, 3.63) is 64.7 Å². The molecule has 0 radical (unpaired) electrons. The molecule has 0 bridgehead atoms. The Kier molecular flexibility index (Phi) is 7.28. The van der Waals surface area contributed by atoms with Gasteiger partial charge >= 0.3 is 0 Å². The van der Waals surface area contributed by atoms with Crippen LogP contribution < -0.4 is 15.6 Å². The first-order chi connectivity index (χ1) is 14.9. The lowest BCUT2D eigenvalue weighted by molar-refractivity contribution is -0.127. The van der Waals surface area contributed by atoms with Crippen LogP contribution in [0.5, 0.6) is 5.75 Å². The fourth-order valence-electron chi connectivity index (χ4n) is 3.82. The second-order valence-electron chi connectivity index (χ2n) is 7.87. The Morgan fingerprint density at radius 1 is 1.00 bits per heavy atom. The molecule has 2 N–H and O–H groups in total. The number of ether oxygens (including phenoxy) is 1. The number of hydrogen-bond acceptors (Lipinski definition) is 4. The van der Waals surface area contributed by atoms with Crippen molar-refractivity contribution in [3.63, 3.8) is 0 Å². The Morgan fingerprint density at radius 3 is 2.32 bits per heavy atom. The third-order valence-corrected chi connectivity index (χ3v) is 5.27. The standard InChI is InChI=1S/C24H29N3O4/c1-4-31-21-9-7-18(8-10-21)22(28)25-26-23(29)19-6-5-11-27(15-19)24(30)20-13-16(2)12-17(3)14-20/h7-10,12-14,19H,4-6,11,15H2,1-3H3,(H,25,28)(H,26,29). The van der Waals surface area contributed by atoms with Gasteiger partial charge in [0, 0.05) is 24.2 Å². The van der Waals surface area contributed by atoms with Gasteiger partial charge in [-0.15, -0.1) is 0 Å². The average molecular weight is 424 g/mol. The summed E-state index contributed by atoms with van der Waals surface area (Å²) in [4.78, 5) is 39.5. The number of piperidine rings is 1. The lowest BCUT2D eigenvalue weighted by atomic mass is 9.96. The van der Waals surface area contributed by atoms with Crippen molar-refractivity contribution in [2.75, 3.05) is 19.7 Å². The first-order valence-electron chi connectivity index (χ1n) is 10.6. The number of nitrogens with one attached hydrogen (secondary N) is 2. The summed E-state index contributed by atoms with van der Waals surface area (Å²) in [5.74, 6) is -0.460.